The van der Waals surface area contributed by atoms with Crippen molar-refractivity contribution in [1.82, 2.24) is 4.31 Å². The van der Waals surface area contributed by atoms with Gasteiger partial charge in [0.05, 0.1) is 11.4 Å². The van der Waals surface area contributed by atoms with E-state index in [-0.39, 0.29) is 17.3 Å². The van der Waals surface area contributed by atoms with Crippen molar-refractivity contribution in [2.75, 3.05) is 36.9 Å². The average Bonchev–Trinajstić information content (AvgIpc) is 2.69. The van der Waals surface area contributed by atoms with Gasteiger partial charge >= 0.3 is 0 Å². The zero-order chi connectivity index (χ0) is 19.3. The number of hydrogen-bond donors (Lipinski definition) is 1. The molecule has 0 spiro atoms. The number of nitrogens with zero attached hydrogens (tertiary/aromatic N) is 2. The molecule has 6 nitrogen and oxygen atoms in total. The van der Waals surface area contributed by atoms with Gasteiger partial charge < -0.3 is 10.2 Å². The minimum absolute atomic E-state index is 0.159. The van der Waals surface area contributed by atoms with E-state index in [1.807, 2.05) is 42.3 Å². The summed E-state index contributed by atoms with van der Waals surface area (Å²) in [5, 5.41) is 2.81. The van der Waals surface area contributed by atoms with Gasteiger partial charge in [0.1, 0.15) is 0 Å². The van der Waals surface area contributed by atoms with E-state index in [4.69, 9.17) is 0 Å². The van der Waals surface area contributed by atoms with Gasteiger partial charge in [0.15, 0.2) is 0 Å². The van der Waals surface area contributed by atoms with Gasteiger partial charge in [-0.2, -0.15) is 4.31 Å². The highest BCUT2D eigenvalue weighted by Crippen LogP contribution is 2.22. The van der Waals surface area contributed by atoms with Gasteiger partial charge in [0.25, 0.3) is 0 Å². The number of benzene rings is 2. The monoisotopic (exact) mass is 387 g/mol. The quantitative estimate of drug-likeness (QED) is 0.827. The Hall–Kier alpha value is -2.38. The lowest BCUT2D eigenvalue weighted by molar-refractivity contribution is -0.114. The standard InChI is InChI=1S/C20H25N3O3S/c1-22(18-8-4-2-5-9-18)16-20(24)21-17-10-12-19(13-11-17)27(25,26)23-14-6-3-7-15-23/h2,4-5,8-13H,3,6-7,14-16H2,1H3,(H,21,24). The molecule has 27 heavy (non-hydrogen) atoms. The van der Waals surface area contributed by atoms with Gasteiger partial charge in [-0.25, -0.2) is 8.42 Å². The van der Waals surface area contributed by atoms with Crippen LogP contribution in [0.15, 0.2) is 59.5 Å². The van der Waals surface area contributed by atoms with Gasteiger partial charge in [-0.1, -0.05) is 24.6 Å². The Kier molecular flexibility index (Phi) is 6.13. The Balaban J connectivity index is 1.61. The Bertz CT molecular complexity index is 861. The summed E-state index contributed by atoms with van der Waals surface area (Å²) in [4.78, 5) is 14.4. The lowest BCUT2D eigenvalue weighted by atomic mass is 10.2. The van der Waals surface area contributed by atoms with Crippen molar-refractivity contribution < 1.29 is 13.2 Å². The van der Waals surface area contributed by atoms with Crippen LogP contribution in [0.25, 0.3) is 0 Å². The Morgan fingerprint density at radius 2 is 1.63 bits per heavy atom. The largest absolute Gasteiger partial charge is 0.365 e. The van der Waals surface area contributed by atoms with Crippen LogP contribution in [0.5, 0.6) is 0 Å². The number of amides is 1. The van der Waals surface area contributed by atoms with Crippen LogP contribution in [0.3, 0.4) is 0 Å². The predicted molar refractivity (Wildman–Crippen MR) is 107 cm³/mol. The maximum absolute atomic E-state index is 12.7. The molecule has 1 saturated heterocycles. The zero-order valence-corrected chi connectivity index (χ0v) is 16.3. The third kappa shape index (κ3) is 4.87. The van der Waals surface area contributed by atoms with Crippen molar-refractivity contribution in [2.24, 2.45) is 0 Å². The zero-order valence-electron chi connectivity index (χ0n) is 15.5. The summed E-state index contributed by atoms with van der Waals surface area (Å²) < 4.78 is 26.9. The number of carbonyl (C=O) groups excluding carboxylic acids is 1. The molecule has 0 bridgehead atoms. The Morgan fingerprint density at radius 1 is 1.00 bits per heavy atom. The maximum Gasteiger partial charge on any atom is 0.243 e. The third-order valence-electron chi connectivity index (χ3n) is 4.67. The number of piperidine rings is 1. The molecule has 0 aromatic heterocycles. The molecule has 0 unspecified atom stereocenters. The van der Waals surface area contributed by atoms with Gasteiger partial charge in [-0.3, -0.25) is 4.79 Å². The second kappa shape index (κ2) is 8.54. The molecule has 0 atom stereocenters. The smallest absolute Gasteiger partial charge is 0.243 e. The van der Waals surface area contributed by atoms with Crippen molar-refractivity contribution in [2.45, 2.75) is 24.2 Å². The summed E-state index contributed by atoms with van der Waals surface area (Å²) in [5.41, 5.74) is 1.54. The van der Waals surface area contributed by atoms with Crippen LogP contribution in [0.2, 0.25) is 0 Å². The molecule has 1 heterocycles. The lowest BCUT2D eigenvalue weighted by Crippen LogP contribution is -2.35. The molecule has 1 aliphatic rings. The summed E-state index contributed by atoms with van der Waals surface area (Å²) in [6.45, 7) is 1.36. The molecule has 0 aliphatic carbocycles. The highest BCUT2D eigenvalue weighted by atomic mass is 32.2. The van der Waals surface area contributed by atoms with Crippen LogP contribution < -0.4 is 10.2 Å². The van der Waals surface area contributed by atoms with E-state index in [0.717, 1.165) is 24.9 Å². The van der Waals surface area contributed by atoms with Gasteiger partial charge in [0, 0.05) is 31.5 Å². The third-order valence-corrected chi connectivity index (χ3v) is 6.58. The first-order valence-electron chi connectivity index (χ1n) is 9.13. The highest BCUT2D eigenvalue weighted by molar-refractivity contribution is 7.89. The van der Waals surface area contributed by atoms with Crippen LogP contribution in [-0.4, -0.2) is 45.3 Å². The minimum atomic E-state index is -3.45. The van der Waals surface area contributed by atoms with E-state index >= 15 is 0 Å². The molecule has 1 aliphatic heterocycles. The Labute approximate surface area is 160 Å². The van der Waals surface area contributed by atoms with Crippen LogP contribution in [0.4, 0.5) is 11.4 Å². The molecule has 3 rings (SSSR count). The number of anilines is 2. The van der Waals surface area contributed by atoms with Crippen molar-refractivity contribution in [3.05, 3.63) is 54.6 Å². The molecule has 1 fully saturated rings. The molecule has 2 aromatic carbocycles. The van der Waals surface area contributed by atoms with Crippen LogP contribution >= 0.6 is 0 Å². The van der Waals surface area contributed by atoms with Gasteiger partial charge in [-0.15, -0.1) is 0 Å². The molecule has 2 aromatic rings. The topological polar surface area (TPSA) is 69.7 Å². The van der Waals surface area contributed by atoms with Crippen molar-refractivity contribution in [3.63, 3.8) is 0 Å². The molecular weight excluding hydrogens is 362 g/mol. The maximum atomic E-state index is 12.7. The van der Waals surface area contributed by atoms with E-state index in [0.29, 0.717) is 18.8 Å². The number of hydrogen-bond acceptors (Lipinski definition) is 4. The molecule has 7 heteroatoms. The van der Waals surface area contributed by atoms with Crippen LogP contribution in [-0.2, 0) is 14.8 Å². The number of para-hydroxylation sites is 1. The summed E-state index contributed by atoms with van der Waals surface area (Å²) in [6.07, 6.45) is 2.89. The summed E-state index contributed by atoms with van der Waals surface area (Å²) in [6, 6.07) is 16.0. The molecule has 0 saturated carbocycles. The Morgan fingerprint density at radius 3 is 2.26 bits per heavy atom. The number of sulfonamides is 1. The average molecular weight is 388 g/mol. The number of nitrogens with one attached hydrogen (secondary N) is 1. The fourth-order valence-corrected chi connectivity index (χ4v) is 4.67. The second-order valence-corrected chi connectivity index (χ2v) is 8.67. The SMILES string of the molecule is CN(CC(=O)Nc1ccc(S(=O)(=O)N2CCCCC2)cc1)c1ccccc1. The van der Waals surface area contributed by atoms with E-state index in [1.54, 1.807) is 28.6 Å². The molecule has 1 amide bonds. The van der Waals surface area contributed by atoms with Crippen molar-refractivity contribution in [3.8, 4) is 0 Å². The normalized spacial score (nSPS) is 15.3. The molecular formula is C20H25N3O3S. The first kappa shape index (κ1) is 19.4. The van der Waals surface area contributed by atoms with Gasteiger partial charge in [0.2, 0.25) is 15.9 Å². The second-order valence-electron chi connectivity index (χ2n) is 6.73. The number of rotatable bonds is 6. The fourth-order valence-electron chi connectivity index (χ4n) is 3.15. The van der Waals surface area contributed by atoms with E-state index in [1.165, 1.54) is 0 Å². The first-order valence-corrected chi connectivity index (χ1v) is 10.6. The minimum Gasteiger partial charge on any atom is -0.365 e. The fraction of sp³-hybridized carbons (Fsp3) is 0.350. The predicted octanol–water partition coefficient (Wildman–Crippen LogP) is 2.94. The number of carbonyl (C=O) groups is 1. The number of likely N-dealkylation sites (N-methyl/N-ethyl adjacent to an activating group) is 1. The van der Waals surface area contributed by atoms with Crippen LogP contribution in [0, 0.1) is 0 Å². The first-order chi connectivity index (χ1) is 13.0. The lowest BCUT2D eigenvalue weighted by Gasteiger charge is -2.25. The summed E-state index contributed by atoms with van der Waals surface area (Å²) >= 11 is 0. The summed E-state index contributed by atoms with van der Waals surface area (Å²) in [5.74, 6) is -0.159. The van der Waals surface area contributed by atoms with E-state index in [2.05, 4.69) is 5.32 Å². The van der Waals surface area contributed by atoms with Crippen LogP contribution in [0.1, 0.15) is 19.3 Å². The van der Waals surface area contributed by atoms with E-state index < -0.39 is 10.0 Å². The highest BCUT2D eigenvalue weighted by Gasteiger charge is 2.25. The van der Waals surface area contributed by atoms with E-state index in [9.17, 15) is 13.2 Å². The summed E-state index contributed by atoms with van der Waals surface area (Å²) in [7, 11) is -1.60. The molecule has 144 valence electrons. The molecule has 0 radical (unpaired) electrons. The molecule has 1 N–H and O–H groups in total. The van der Waals surface area contributed by atoms with Gasteiger partial charge in [-0.05, 0) is 49.2 Å². The van der Waals surface area contributed by atoms with Crippen molar-refractivity contribution >= 4 is 27.3 Å². The van der Waals surface area contributed by atoms with Crippen molar-refractivity contribution in [1.29, 1.82) is 0 Å².